The summed E-state index contributed by atoms with van der Waals surface area (Å²) in [6, 6.07) is 4.49. The van der Waals surface area contributed by atoms with Gasteiger partial charge < -0.3 is 11.1 Å². The average molecular weight is 263 g/mol. The lowest BCUT2D eigenvalue weighted by molar-refractivity contribution is 0.610. The van der Waals surface area contributed by atoms with Gasteiger partial charge in [-0.05, 0) is 41.4 Å². The predicted octanol–water partition coefficient (Wildman–Crippen LogP) is 1.99. The van der Waals surface area contributed by atoms with E-state index in [9.17, 15) is 0 Å². The van der Waals surface area contributed by atoms with Crippen LogP contribution in [0.4, 0.5) is 0 Å². The van der Waals surface area contributed by atoms with Crippen molar-refractivity contribution in [2.75, 3.05) is 13.1 Å². The number of halogens is 1. The summed E-state index contributed by atoms with van der Waals surface area (Å²) < 4.78 is 1.20. The molecule has 0 radical (unpaired) electrons. The Balaban J connectivity index is 2.13. The molecule has 0 bridgehead atoms. The molecule has 1 unspecified atom stereocenters. The molecule has 0 aliphatic heterocycles. The van der Waals surface area contributed by atoms with Gasteiger partial charge in [0.15, 0.2) is 0 Å². The van der Waals surface area contributed by atoms with E-state index in [1.807, 2.05) is 6.92 Å². The zero-order chi connectivity index (χ0) is 9.68. The van der Waals surface area contributed by atoms with E-state index >= 15 is 0 Å². The largest absolute Gasteiger partial charge is 0.327 e. The van der Waals surface area contributed by atoms with Gasteiger partial charge >= 0.3 is 0 Å². The lowest BCUT2D eigenvalue weighted by atomic mass is 10.3. The van der Waals surface area contributed by atoms with E-state index in [1.165, 1.54) is 8.66 Å². The van der Waals surface area contributed by atoms with Crippen molar-refractivity contribution in [3.8, 4) is 0 Å². The Morgan fingerprint density at radius 3 is 2.92 bits per heavy atom. The van der Waals surface area contributed by atoms with Crippen LogP contribution in [0.2, 0.25) is 0 Å². The molecule has 1 atom stereocenters. The van der Waals surface area contributed by atoms with Crippen LogP contribution in [0.3, 0.4) is 0 Å². The quantitative estimate of drug-likeness (QED) is 0.797. The van der Waals surface area contributed by atoms with Crippen LogP contribution in [-0.4, -0.2) is 19.1 Å². The van der Waals surface area contributed by atoms with Gasteiger partial charge in [0.05, 0.1) is 3.79 Å². The van der Waals surface area contributed by atoms with Crippen molar-refractivity contribution in [2.45, 2.75) is 19.4 Å². The molecule has 1 rings (SSSR count). The second-order valence-electron chi connectivity index (χ2n) is 3.14. The molecule has 0 aliphatic carbocycles. The van der Waals surface area contributed by atoms with Crippen LogP contribution in [-0.2, 0) is 6.42 Å². The summed E-state index contributed by atoms with van der Waals surface area (Å²) >= 11 is 5.23. The first-order valence-electron chi connectivity index (χ1n) is 4.39. The molecule has 1 aromatic heterocycles. The van der Waals surface area contributed by atoms with Crippen LogP contribution in [0.1, 0.15) is 11.8 Å². The van der Waals surface area contributed by atoms with Crippen LogP contribution < -0.4 is 11.1 Å². The maximum atomic E-state index is 5.61. The zero-order valence-corrected chi connectivity index (χ0v) is 10.1. The number of hydrogen-bond acceptors (Lipinski definition) is 3. The first-order valence-corrected chi connectivity index (χ1v) is 6.00. The van der Waals surface area contributed by atoms with Crippen LogP contribution in [0.25, 0.3) is 0 Å². The predicted molar refractivity (Wildman–Crippen MR) is 62.2 cm³/mol. The van der Waals surface area contributed by atoms with E-state index in [0.717, 1.165) is 19.5 Å². The van der Waals surface area contributed by atoms with Gasteiger partial charge in [0.25, 0.3) is 0 Å². The first kappa shape index (κ1) is 11.2. The summed E-state index contributed by atoms with van der Waals surface area (Å²) in [5, 5.41) is 3.31. The molecule has 2 nitrogen and oxygen atoms in total. The van der Waals surface area contributed by atoms with Gasteiger partial charge in [-0.25, -0.2) is 0 Å². The van der Waals surface area contributed by atoms with Gasteiger partial charge in [0.1, 0.15) is 0 Å². The van der Waals surface area contributed by atoms with Crippen LogP contribution in [0, 0.1) is 0 Å². The minimum Gasteiger partial charge on any atom is -0.327 e. The molecule has 0 aromatic carbocycles. The summed E-state index contributed by atoms with van der Waals surface area (Å²) in [4.78, 5) is 1.41. The number of rotatable bonds is 5. The van der Waals surface area contributed by atoms with Gasteiger partial charge in [-0.3, -0.25) is 0 Å². The molecule has 0 fully saturated rings. The summed E-state index contributed by atoms with van der Waals surface area (Å²) in [5.41, 5.74) is 5.61. The third-order valence-corrected chi connectivity index (χ3v) is 3.33. The summed E-state index contributed by atoms with van der Waals surface area (Å²) in [5.74, 6) is 0. The zero-order valence-electron chi connectivity index (χ0n) is 7.72. The molecule has 74 valence electrons. The van der Waals surface area contributed by atoms with Crippen molar-refractivity contribution in [1.82, 2.24) is 5.32 Å². The Labute approximate surface area is 91.7 Å². The molecule has 0 saturated heterocycles. The maximum absolute atomic E-state index is 5.61. The standard InChI is InChI=1S/C9H15BrN2S/c1-7(11)6-12-5-4-8-2-3-9(10)13-8/h2-3,7,12H,4-6,11H2,1H3. The van der Waals surface area contributed by atoms with Gasteiger partial charge in [-0.15, -0.1) is 11.3 Å². The van der Waals surface area contributed by atoms with E-state index < -0.39 is 0 Å². The van der Waals surface area contributed by atoms with Gasteiger partial charge in [0.2, 0.25) is 0 Å². The van der Waals surface area contributed by atoms with Crippen molar-refractivity contribution in [3.63, 3.8) is 0 Å². The normalized spacial score (nSPS) is 13.2. The molecule has 1 aromatic rings. The first-order chi connectivity index (χ1) is 6.18. The fourth-order valence-electron chi connectivity index (χ4n) is 1.03. The van der Waals surface area contributed by atoms with E-state index in [1.54, 1.807) is 11.3 Å². The smallest absolute Gasteiger partial charge is 0.0701 e. The Bertz CT molecular complexity index is 248. The van der Waals surface area contributed by atoms with E-state index in [2.05, 4.69) is 33.4 Å². The van der Waals surface area contributed by atoms with Crippen molar-refractivity contribution in [1.29, 1.82) is 0 Å². The highest BCUT2D eigenvalue weighted by molar-refractivity contribution is 9.11. The second-order valence-corrected chi connectivity index (χ2v) is 5.68. The lowest BCUT2D eigenvalue weighted by Gasteiger charge is -2.05. The molecular weight excluding hydrogens is 248 g/mol. The van der Waals surface area contributed by atoms with Gasteiger partial charge in [0, 0.05) is 24.0 Å². The molecule has 1 heterocycles. The molecule has 3 N–H and O–H groups in total. The Hall–Kier alpha value is 0.1000. The molecule has 13 heavy (non-hydrogen) atoms. The molecule has 0 amide bonds. The SMILES string of the molecule is CC(N)CNCCc1ccc(Br)s1. The third-order valence-electron chi connectivity index (χ3n) is 1.64. The molecule has 4 heteroatoms. The number of hydrogen-bond donors (Lipinski definition) is 2. The fraction of sp³-hybridized carbons (Fsp3) is 0.556. The number of thiophene rings is 1. The lowest BCUT2D eigenvalue weighted by Crippen LogP contribution is -2.32. The minimum atomic E-state index is 0.245. The van der Waals surface area contributed by atoms with Crippen LogP contribution in [0.15, 0.2) is 15.9 Å². The van der Waals surface area contributed by atoms with Crippen LogP contribution >= 0.6 is 27.3 Å². The highest BCUT2D eigenvalue weighted by Crippen LogP contribution is 2.21. The molecule has 0 aliphatic rings. The van der Waals surface area contributed by atoms with Crippen molar-refractivity contribution >= 4 is 27.3 Å². The third kappa shape index (κ3) is 4.76. The van der Waals surface area contributed by atoms with Crippen molar-refractivity contribution in [3.05, 3.63) is 20.8 Å². The van der Waals surface area contributed by atoms with Crippen LogP contribution in [0.5, 0.6) is 0 Å². The highest BCUT2D eigenvalue weighted by Gasteiger charge is 1.97. The van der Waals surface area contributed by atoms with E-state index in [4.69, 9.17) is 5.73 Å². The topological polar surface area (TPSA) is 38.0 Å². The van der Waals surface area contributed by atoms with E-state index in [0.29, 0.717) is 0 Å². The number of nitrogens with two attached hydrogens (primary N) is 1. The molecule has 0 spiro atoms. The Morgan fingerprint density at radius 1 is 1.62 bits per heavy atom. The maximum Gasteiger partial charge on any atom is 0.0701 e. The highest BCUT2D eigenvalue weighted by atomic mass is 79.9. The fourth-order valence-corrected chi connectivity index (χ4v) is 2.51. The van der Waals surface area contributed by atoms with E-state index in [-0.39, 0.29) is 6.04 Å². The summed E-state index contributed by atoms with van der Waals surface area (Å²) in [6.45, 7) is 3.91. The summed E-state index contributed by atoms with van der Waals surface area (Å²) in [7, 11) is 0. The Kier molecular flexibility index (Phi) is 4.94. The minimum absolute atomic E-state index is 0.245. The number of nitrogens with one attached hydrogen (secondary N) is 1. The van der Waals surface area contributed by atoms with Gasteiger partial charge in [-0.1, -0.05) is 0 Å². The monoisotopic (exact) mass is 262 g/mol. The Morgan fingerprint density at radius 2 is 2.38 bits per heavy atom. The average Bonchev–Trinajstić information content (AvgIpc) is 2.45. The molecule has 0 saturated carbocycles. The van der Waals surface area contributed by atoms with Crippen molar-refractivity contribution < 1.29 is 0 Å². The molecular formula is C9H15BrN2S. The second kappa shape index (κ2) is 5.75. The van der Waals surface area contributed by atoms with Crippen molar-refractivity contribution in [2.24, 2.45) is 5.73 Å². The van der Waals surface area contributed by atoms with Gasteiger partial charge in [-0.2, -0.15) is 0 Å². The summed E-state index contributed by atoms with van der Waals surface area (Å²) in [6.07, 6.45) is 1.09.